The normalized spacial score (nSPS) is 24.1. The molecule has 1 aromatic rings. The highest BCUT2D eigenvalue weighted by Gasteiger charge is 2.50. The summed E-state index contributed by atoms with van der Waals surface area (Å²) in [7, 11) is 0. The molecule has 3 heteroatoms. The van der Waals surface area contributed by atoms with Crippen LogP contribution in [0.15, 0.2) is 30.3 Å². The van der Waals surface area contributed by atoms with Gasteiger partial charge in [-0.15, -0.1) is 0 Å². The number of benzene rings is 1. The predicted molar refractivity (Wildman–Crippen MR) is 94.5 cm³/mol. The number of ether oxygens (including phenoxy) is 1. The third kappa shape index (κ3) is 3.95. The Morgan fingerprint density at radius 3 is 2.22 bits per heavy atom. The summed E-state index contributed by atoms with van der Waals surface area (Å²) in [6.45, 7) is 12.2. The fraction of sp³-hybridized carbons (Fsp3) is 0.650. The van der Waals surface area contributed by atoms with Gasteiger partial charge in [0, 0.05) is 18.6 Å². The summed E-state index contributed by atoms with van der Waals surface area (Å²) in [6.07, 6.45) is 1.79. The summed E-state index contributed by atoms with van der Waals surface area (Å²) in [5, 5.41) is 0. The topological polar surface area (TPSA) is 29.5 Å². The molecule has 1 aromatic carbocycles. The van der Waals surface area contributed by atoms with Crippen LogP contribution in [0.4, 0.5) is 0 Å². The van der Waals surface area contributed by atoms with Crippen molar-refractivity contribution in [2.75, 3.05) is 13.2 Å². The molecule has 0 aliphatic heterocycles. The zero-order valence-corrected chi connectivity index (χ0v) is 15.2. The van der Waals surface area contributed by atoms with E-state index in [0.29, 0.717) is 24.6 Å². The van der Waals surface area contributed by atoms with E-state index in [0.717, 1.165) is 24.9 Å². The standard InChI is InChI=1S/C20H31NO2/c1-15(2)21(16(3)4)11-12-23-19(22)20(13-17(5)14-20)18-9-7-6-8-10-18/h6-10,15-17H,11-14H2,1-5H3. The lowest BCUT2D eigenvalue weighted by Crippen LogP contribution is -2.48. The van der Waals surface area contributed by atoms with E-state index in [1.165, 1.54) is 0 Å². The molecule has 0 saturated heterocycles. The third-order valence-electron chi connectivity index (χ3n) is 5.02. The van der Waals surface area contributed by atoms with Crippen molar-refractivity contribution in [2.45, 2.75) is 65.0 Å². The highest BCUT2D eigenvalue weighted by molar-refractivity contribution is 5.84. The second-order valence-electron chi connectivity index (χ2n) is 7.52. The molecule has 1 aliphatic carbocycles. The van der Waals surface area contributed by atoms with Crippen LogP contribution in [0.25, 0.3) is 0 Å². The molecule has 0 amide bonds. The number of hydrogen-bond donors (Lipinski definition) is 0. The van der Waals surface area contributed by atoms with Gasteiger partial charge in [-0.25, -0.2) is 0 Å². The molecule has 0 spiro atoms. The van der Waals surface area contributed by atoms with Crippen molar-refractivity contribution in [1.82, 2.24) is 4.90 Å². The molecule has 0 atom stereocenters. The molecule has 0 N–H and O–H groups in total. The third-order valence-corrected chi connectivity index (χ3v) is 5.02. The second kappa shape index (κ2) is 7.48. The van der Waals surface area contributed by atoms with Crippen LogP contribution >= 0.6 is 0 Å². The van der Waals surface area contributed by atoms with E-state index < -0.39 is 5.41 Å². The monoisotopic (exact) mass is 317 g/mol. The lowest BCUT2D eigenvalue weighted by Gasteiger charge is -2.44. The van der Waals surface area contributed by atoms with Crippen LogP contribution in [0.3, 0.4) is 0 Å². The Labute approximate surface area is 141 Å². The van der Waals surface area contributed by atoms with Crippen LogP contribution in [0, 0.1) is 5.92 Å². The minimum absolute atomic E-state index is 0.0470. The molecule has 0 aromatic heterocycles. The molecule has 2 rings (SSSR count). The van der Waals surface area contributed by atoms with E-state index in [9.17, 15) is 4.79 Å². The van der Waals surface area contributed by atoms with Crippen molar-refractivity contribution in [3.63, 3.8) is 0 Å². The van der Waals surface area contributed by atoms with Crippen LogP contribution in [-0.2, 0) is 14.9 Å². The Hall–Kier alpha value is -1.35. The molecule has 0 heterocycles. The number of esters is 1. The van der Waals surface area contributed by atoms with Gasteiger partial charge in [0.1, 0.15) is 6.61 Å². The molecule has 0 radical (unpaired) electrons. The lowest BCUT2D eigenvalue weighted by atomic mass is 9.59. The molecule has 0 unspecified atom stereocenters. The van der Waals surface area contributed by atoms with Gasteiger partial charge in [0.2, 0.25) is 0 Å². The van der Waals surface area contributed by atoms with Crippen molar-refractivity contribution in [1.29, 1.82) is 0 Å². The highest BCUT2D eigenvalue weighted by Crippen LogP contribution is 2.48. The first-order valence-electron chi connectivity index (χ1n) is 8.85. The zero-order chi connectivity index (χ0) is 17.0. The fourth-order valence-electron chi connectivity index (χ4n) is 3.90. The quantitative estimate of drug-likeness (QED) is 0.712. The van der Waals surface area contributed by atoms with Crippen molar-refractivity contribution >= 4 is 5.97 Å². The number of rotatable bonds is 7. The maximum Gasteiger partial charge on any atom is 0.316 e. The average molecular weight is 317 g/mol. The summed E-state index contributed by atoms with van der Waals surface area (Å²) >= 11 is 0. The molecule has 128 valence electrons. The van der Waals surface area contributed by atoms with Crippen LogP contribution < -0.4 is 0 Å². The van der Waals surface area contributed by atoms with E-state index >= 15 is 0 Å². The van der Waals surface area contributed by atoms with Gasteiger partial charge in [-0.05, 0) is 52.0 Å². The summed E-state index contributed by atoms with van der Waals surface area (Å²) in [5.41, 5.74) is 0.689. The molecule has 1 aliphatic rings. The molecule has 3 nitrogen and oxygen atoms in total. The van der Waals surface area contributed by atoms with Gasteiger partial charge in [0.05, 0.1) is 5.41 Å². The van der Waals surface area contributed by atoms with E-state index in [2.05, 4.69) is 51.7 Å². The highest BCUT2D eigenvalue weighted by atomic mass is 16.5. The summed E-state index contributed by atoms with van der Waals surface area (Å²) in [4.78, 5) is 15.1. The maximum absolute atomic E-state index is 12.8. The largest absolute Gasteiger partial charge is 0.464 e. The van der Waals surface area contributed by atoms with Crippen LogP contribution in [0.2, 0.25) is 0 Å². The smallest absolute Gasteiger partial charge is 0.316 e. The first kappa shape index (κ1) is 18.0. The Morgan fingerprint density at radius 2 is 1.74 bits per heavy atom. The second-order valence-corrected chi connectivity index (χ2v) is 7.52. The van der Waals surface area contributed by atoms with Crippen molar-refractivity contribution in [3.05, 3.63) is 35.9 Å². The lowest BCUT2D eigenvalue weighted by molar-refractivity contribution is -0.157. The Bertz CT molecular complexity index is 496. The molecule has 1 saturated carbocycles. The number of carbonyl (C=O) groups is 1. The molecular weight excluding hydrogens is 286 g/mol. The van der Waals surface area contributed by atoms with Gasteiger partial charge < -0.3 is 4.74 Å². The molecular formula is C20H31NO2. The summed E-state index contributed by atoms with van der Waals surface area (Å²) in [6, 6.07) is 11.0. The van der Waals surface area contributed by atoms with Gasteiger partial charge in [-0.2, -0.15) is 0 Å². The van der Waals surface area contributed by atoms with Crippen molar-refractivity contribution in [3.8, 4) is 0 Å². The van der Waals surface area contributed by atoms with E-state index in [-0.39, 0.29) is 5.97 Å². The van der Waals surface area contributed by atoms with Crippen LogP contribution in [-0.4, -0.2) is 36.1 Å². The van der Waals surface area contributed by atoms with Crippen LogP contribution in [0.1, 0.15) is 53.0 Å². The maximum atomic E-state index is 12.8. The molecule has 1 fully saturated rings. The van der Waals surface area contributed by atoms with E-state index in [1.54, 1.807) is 0 Å². The van der Waals surface area contributed by atoms with Gasteiger partial charge in [-0.3, -0.25) is 9.69 Å². The zero-order valence-electron chi connectivity index (χ0n) is 15.2. The summed E-state index contributed by atoms with van der Waals surface area (Å²) in [5.74, 6) is 0.542. The van der Waals surface area contributed by atoms with Gasteiger partial charge >= 0.3 is 5.97 Å². The van der Waals surface area contributed by atoms with E-state index in [1.807, 2.05) is 18.2 Å². The van der Waals surface area contributed by atoms with Crippen LogP contribution in [0.5, 0.6) is 0 Å². The minimum atomic E-state index is -0.416. The number of nitrogens with zero attached hydrogens (tertiary/aromatic N) is 1. The summed E-state index contributed by atoms with van der Waals surface area (Å²) < 4.78 is 5.70. The van der Waals surface area contributed by atoms with Crippen molar-refractivity contribution in [2.24, 2.45) is 5.92 Å². The van der Waals surface area contributed by atoms with Gasteiger partial charge in [0.15, 0.2) is 0 Å². The van der Waals surface area contributed by atoms with Crippen molar-refractivity contribution < 1.29 is 9.53 Å². The first-order valence-corrected chi connectivity index (χ1v) is 8.85. The Kier molecular flexibility index (Phi) is 5.85. The predicted octanol–water partition coefficient (Wildman–Crippen LogP) is 4.02. The molecule has 0 bridgehead atoms. The first-order chi connectivity index (χ1) is 10.9. The van der Waals surface area contributed by atoms with Gasteiger partial charge in [0.25, 0.3) is 0 Å². The number of carbonyl (C=O) groups excluding carboxylic acids is 1. The van der Waals surface area contributed by atoms with E-state index in [4.69, 9.17) is 4.74 Å². The SMILES string of the molecule is CC1CC(C(=O)OCCN(C(C)C)C(C)C)(c2ccccc2)C1. The Balaban J connectivity index is 1.98. The minimum Gasteiger partial charge on any atom is -0.464 e. The van der Waals surface area contributed by atoms with Gasteiger partial charge in [-0.1, -0.05) is 37.3 Å². The number of hydrogen-bond acceptors (Lipinski definition) is 3. The fourth-order valence-corrected chi connectivity index (χ4v) is 3.90. The molecule has 23 heavy (non-hydrogen) atoms. The average Bonchev–Trinajstić information content (AvgIpc) is 2.48. The Morgan fingerprint density at radius 1 is 1.17 bits per heavy atom.